The first-order chi connectivity index (χ1) is 8.56. The second-order valence-corrected chi connectivity index (χ2v) is 5.28. The fourth-order valence-electron chi connectivity index (χ4n) is 1.55. The van der Waals surface area contributed by atoms with Gasteiger partial charge in [0, 0.05) is 17.5 Å². The number of benzene rings is 1. The molecule has 0 aliphatic carbocycles. The molecule has 2 aromatic rings. The molecule has 1 aromatic carbocycles. The highest BCUT2D eigenvalue weighted by Crippen LogP contribution is 2.22. The van der Waals surface area contributed by atoms with Crippen LogP contribution in [0.1, 0.15) is 44.1 Å². The molecule has 18 heavy (non-hydrogen) atoms. The summed E-state index contributed by atoms with van der Waals surface area (Å²) in [6.07, 6.45) is 0. The van der Waals surface area contributed by atoms with Crippen LogP contribution in [-0.2, 0) is 0 Å². The second kappa shape index (κ2) is 5.44. The van der Waals surface area contributed by atoms with Crippen molar-refractivity contribution in [1.82, 2.24) is 9.36 Å². The molecule has 1 heterocycles. The number of halogens is 1. The van der Waals surface area contributed by atoms with Crippen LogP contribution in [0.4, 0.5) is 9.52 Å². The van der Waals surface area contributed by atoms with Gasteiger partial charge in [-0.1, -0.05) is 26.0 Å². The fraction of sp³-hybridized carbons (Fsp3) is 0.385. The van der Waals surface area contributed by atoms with Crippen LogP contribution in [-0.4, -0.2) is 9.36 Å². The van der Waals surface area contributed by atoms with Crippen molar-refractivity contribution in [3.05, 3.63) is 41.5 Å². The summed E-state index contributed by atoms with van der Waals surface area (Å²) in [7, 11) is 0. The Morgan fingerprint density at radius 1 is 1.17 bits per heavy atom. The normalized spacial score (nSPS) is 12.7. The van der Waals surface area contributed by atoms with Crippen molar-refractivity contribution in [2.24, 2.45) is 0 Å². The first-order valence-electron chi connectivity index (χ1n) is 5.92. The molecule has 0 amide bonds. The average molecular weight is 265 g/mol. The summed E-state index contributed by atoms with van der Waals surface area (Å²) < 4.78 is 17.1. The van der Waals surface area contributed by atoms with Gasteiger partial charge in [0.1, 0.15) is 11.6 Å². The lowest BCUT2D eigenvalue weighted by molar-refractivity contribution is 0.626. The highest BCUT2D eigenvalue weighted by Gasteiger charge is 2.11. The number of nitrogens with zero attached hydrogens (tertiary/aromatic N) is 2. The van der Waals surface area contributed by atoms with E-state index >= 15 is 0 Å². The number of hydrogen-bond acceptors (Lipinski definition) is 4. The molecule has 0 saturated heterocycles. The molecule has 5 heteroatoms. The third-order valence-electron chi connectivity index (χ3n) is 2.67. The molecule has 3 nitrogen and oxygen atoms in total. The summed E-state index contributed by atoms with van der Waals surface area (Å²) in [4.78, 5) is 4.42. The van der Waals surface area contributed by atoms with Gasteiger partial charge in [0.15, 0.2) is 0 Å². The number of anilines is 1. The number of hydrogen-bond donors (Lipinski definition) is 1. The Labute approximate surface area is 110 Å². The minimum atomic E-state index is -0.219. The van der Waals surface area contributed by atoms with Gasteiger partial charge in [-0.05, 0) is 24.6 Å². The predicted molar refractivity (Wildman–Crippen MR) is 72.4 cm³/mol. The zero-order valence-electron chi connectivity index (χ0n) is 10.6. The molecule has 0 saturated carbocycles. The van der Waals surface area contributed by atoms with E-state index in [0.29, 0.717) is 5.92 Å². The van der Waals surface area contributed by atoms with Crippen molar-refractivity contribution >= 4 is 16.7 Å². The number of nitrogens with one attached hydrogen (secondary N) is 1. The van der Waals surface area contributed by atoms with Gasteiger partial charge in [0.05, 0.1) is 6.04 Å². The van der Waals surface area contributed by atoms with Crippen LogP contribution >= 0.6 is 11.5 Å². The largest absolute Gasteiger partial charge is 0.354 e. The summed E-state index contributed by atoms with van der Waals surface area (Å²) in [6, 6.07) is 6.56. The molecule has 1 unspecified atom stereocenters. The molecule has 1 N–H and O–H groups in total. The summed E-state index contributed by atoms with van der Waals surface area (Å²) >= 11 is 1.36. The lowest BCUT2D eigenvalue weighted by Gasteiger charge is -2.12. The van der Waals surface area contributed by atoms with Crippen molar-refractivity contribution in [3.8, 4) is 0 Å². The summed E-state index contributed by atoms with van der Waals surface area (Å²) in [5, 5.41) is 4.08. The molecule has 0 aliphatic heterocycles. The highest BCUT2D eigenvalue weighted by atomic mass is 32.1. The second-order valence-electron chi connectivity index (χ2n) is 4.53. The molecule has 0 radical (unpaired) electrons. The van der Waals surface area contributed by atoms with E-state index in [4.69, 9.17) is 0 Å². The first kappa shape index (κ1) is 13.0. The van der Waals surface area contributed by atoms with E-state index < -0.39 is 0 Å². The van der Waals surface area contributed by atoms with Gasteiger partial charge in [0.25, 0.3) is 0 Å². The van der Waals surface area contributed by atoms with Gasteiger partial charge in [-0.2, -0.15) is 4.37 Å². The fourth-order valence-corrected chi connectivity index (χ4v) is 2.34. The van der Waals surface area contributed by atoms with E-state index in [1.54, 1.807) is 12.1 Å². The van der Waals surface area contributed by atoms with Gasteiger partial charge >= 0.3 is 0 Å². The summed E-state index contributed by atoms with van der Waals surface area (Å²) in [5.41, 5.74) is 1.03. The number of aromatic nitrogens is 2. The Morgan fingerprint density at radius 3 is 2.39 bits per heavy atom. The Hall–Kier alpha value is -1.49. The van der Waals surface area contributed by atoms with Crippen LogP contribution in [0.2, 0.25) is 0 Å². The van der Waals surface area contributed by atoms with Crippen LogP contribution in [0.25, 0.3) is 0 Å². The van der Waals surface area contributed by atoms with Gasteiger partial charge < -0.3 is 5.32 Å². The van der Waals surface area contributed by atoms with E-state index in [2.05, 4.69) is 28.5 Å². The van der Waals surface area contributed by atoms with Crippen molar-refractivity contribution in [1.29, 1.82) is 0 Å². The van der Waals surface area contributed by atoms with Crippen LogP contribution in [0.3, 0.4) is 0 Å². The van der Waals surface area contributed by atoms with Crippen molar-refractivity contribution < 1.29 is 4.39 Å². The van der Waals surface area contributed by atoms with Crippen LogP contribution < -0.4 is 5.32 Å². The Balaban J connectivity index is 2.06. The third-order valence-corrected chi connectivity index (χ3v) is 3.33. The molecule has 1 aromatic heterocycles. The van der Waals surface area contributed by atoms with Crippen LogP contribution in [0.15, 0.2) is 24.3 Å². The standard InChI is InChI=1S/C13H16FN3S/c1-8(2)12-16-13(18-17-12)15-9(3)10-4-6-11(14)7-5-10/h4-9H,1-3H3,(H,15,16,17). The molecule has 0 aliphatic rings. The monoisotopic (exact) mass is 265 g/mol. The zero-order valence-corrected chi connectivity index (χ0v) is 11.5. The molecule has 0 bridgehead atoms. The molecule has 96 valence electrons. The molecular formula is C13H16FN3S. The zero-order chi connectivity index (χ0) is 13.1. The topological polar surface area (TPSA) is 37.8 Å². The Kier molecular flexibility index (Phi) is 3.91. The van der Waals surface area contributed by atoms with E-state index in [-0.39, 0.29) is 11.9 Å². The maximum absolute atomic E-state index is 12.8. The molecule has 2 rings (SSSR count). The smallest absolute Gasteiger partial charge is 0.203 e. The van der Waals surface area contributed by atoms with Crippen LogP contribution in [0.5, 0.6) is 0 Å². The lowest BCUT2D eigenvalue weighted by Crippen LogP contribution is -2.06. The SMILES string of the molecule is CC(C)c1nsc(NC(C)c2ccc(F)cc2)n1. The van der Waals surface area contributed by atoms with Gasteiger partial charge in [-0.3, -0.25) is 0 Å². The van der Waals surface area contributed by atoms with Crippen molar-refractivity contribution in [3.63, 3.8) is 0 Å². The first-order valence-corrected chi connectivity index (χ1v) is 6.69. The lowest BCUT2D eigenvalue weighted by atomic mass is 10.1. The maximum atomic E-state index is 12.8. The van der Waals surface area contributed by atoms with Gasteiger partial charge in [-0.25, -0.2) is 9.37 Å². The summed E-state index contributed by atoms with van der Waals surface area (Å²) in [6.45, 7) is 6.15. The number of rotatable bonds is 4. The average Bonchev–Trinajstić information content (AvgIpc) is 2.78. The van der Waals surface area contributed by atoms with E-state index in [1.165, 1.54) is 23.7 Å². The minimum absolute atomic E-state index is 0.0820. The van der Waals surface area contributed by atoms with Gasteiger partial charge in [-0.15, -0.1) is 0 Å². The van der Waals surface area contributed by atoms with E-state index in [0.717, 1.165) is 16.5 Å². The van der Waals surface area contributed by atoms with E-state index in [1.807, 2.05) is 6.92 Å². The van der Waals surface area contributed by atoms with Gasteiger partial charge in [0.2, 0.25) is 5.13 Å². The maximum Gasteiger partial charge on any atom is 0.203 e. The summed E-state index contributed by atoms with van der Waals surface area (Å²) in [5.74, 6) is 0.968. The third kappa shape index (κ3) is 3.04. The van der Waals surface area contributed by atoms with E-state index in [9.17, 15) is 4.39 Å². The molecule has 1 atom stereocenters. The molecular weight excluding hydrogens is 249 g/mol. The quantitative estimate of drug-likeness (QED) is 0.908. The minimum Gasteiger partial charge on any atom is -0.354 e. The van der Waals surface area contributed by atoms with Crippen LogP contribution in [0, 0.1) is 5.82 Å². The van der Waals surface area contributed by atoms with Crippen molar-refractivity contribution in [2.75, 3.05) is 5.32 Å². The highest BCUT2D eigenvalue weighted by molar-refractivity contribution is 7.09. The Morgan fingerprint density at radius 2 is 1.83 bits per heavy atom. The van der Waals surface area contributed by atoms with Crippen molar-refractivity contribution in [2.45, 2.75) is 32.7 Å². The molecule has 0 fully saturated rings. The Bertz CT molecular complexity index is 507. The predicted octanol–water partition coefficient (Wildman–Crippen LogP) is 3.97. The molecule has 0 spiro atoms.